The van der Waals surface area contributed by atoms with E-state index in [-0.39, 0.29) is 23.6 Å². The highest BCUT2D eigenvalue weighted by atomic mass is 16.6. The average Bonchev–Trinajstić information content (AvgIpc) is 3.26. The number of aliphatic hydroxyl groups excluding tert-OH is 1. The number of aryl methyl sites for hydroxylation is 1. The SMILES string of the molecule is Cc1nc2ccccn2c1C(O)=C1C(=O)C(=O)N(CCCN(C)C)[C@H]1c1cccc([N+](=O)[O-])c1. The first-order valence-electron chi connectivity index (χ1n) is 10.8. The van der Waals surface area contributed by atoms with Crippen molar-refractivity contribution < 1.29 is 19.6 Å². The zero-order valence-electron chi connectivity index (χ0n) is 19.1. The molecule has 10 nitrogen and oxygen atoms in total. The van der Waals surface area contributed by atoms with Crippen LogP contribution in [-0.2, 0) is 9.59 Å². The van der Waals surface area contributed by atoms with Crippen LogP contribution >= 0.6 is 0 Å². The number of benzene rings is 1. The maximum Gasteiger partial charge on any atom is 0.295 e. The minimum absolute atomic E-state index is 0.107. The van der Waals surface area contributed by atoms with Gasteiger partial charge in [0.1, 0.15) is 11.3 Å². The zero-order valence-corrected chi connectivity index (χ0v) is 19.1. The van der Waals surface area contributed by atoms with Gasteiger partial charge in [-0.3, -0.25) is 24.1 Å². The molecule has 1 N–H and O–H groups in total. The molecule has 176 valence electrons. The predicted octanol–water partition coefficient (Wildman–Crippen LogP) is 2.92. The van der Waals surface area contributed by atoms with Gasteiger partial charge in [-0.15, -0.1) is 0 Å². The van der Waals surface area contributed by atoms with E-state index in [1.54, 1.807) is 41.8 Å². The molecule has 2 aromatic heterocycles. The lowest BCUT2D eigenvalue weighted by atomic mass is 9.96. The maximum absolute atomic E-state index is 13.2. The van der Waals surface area contributed by atoms with Crippen LogP contribution in [0.2, 0.25) is 0 Å². The Labute approximate surface area is 195 Å². The third kappa shape index (κ3) is 4.03. The number of ketones is 1. The minimum Gasteiger partial charge on any atom is -0.505 e. The van der Waals surface area contributed by atoms with Gasteiger partial charge in [-0.2, -0.15) is 0 Å². The van der Waals surface area contributed by atoms with Gasteiger partial charge in [-0.25, -0.2) is 4.98 Å². The van der Waals surface area contributed by atoms with Crippen molar-refractivity contribution in [1.82, 2.24) is 19.2 Å². The highest BCUT2D eigenvalue weighted by Gasteiger charge is 2.46. The molecule has 1 atom stereocenters. The molecular weight excluding hydrogens is 438 g/mol. The van der Waals surface area contributed by atoms with Gasteiger partial charge in [0.2, 0.25) is 0 Å². The van der Waals surface area contributed by atoms with Crippen molar-refractivity contribution in [2.75, 3.05) is 27.2 Å². The molecule has 1 fully saturated rings. The summed E-state index contributed by atoms with van der Waals surface area (Å²) in [6.07, 6.45) is 2.29. The van der Waals surface area contributed by atoms with Crippen molar-refractivity contribution in [3.63, 3.8) is 0 Å². The Bertz CT molecular complexity index is 1330. The molecule has 34 heavy (non-hydrogen) atoms. The second-order valence-corrected chi connectivity index (χ2v) is 8.48. The Balaban J connectivity index is 1.91. The average molecular weight is 463 g/mol. The molecule has 0 unspecified atom stereocenters. The first kappa shape index (κ1) is 23.1. The van der Waals surface area contributed by atoms with Crippen molar-refractivity contribution in [1.29, 1.82) is 0 Å². The van der Waals surface area contributed by atoms with Crippen LogP contribution in [0, 0.1) is 17.0 Å². The number of hydrogen-bond donors (Lipinski definition) is 1. The largest absolute Gasteiger partial charge is 0.505 e. The van der Waals surface area contributed by atoms with Crippen molar-refractivity contribution in [3.05, 3.63) is 81.3 Å². The van der Waals surface area contributed by atoms with Gasteiger partial charge in [0.25, 0.3) is 17.4 Å². The standard InChI is InChI=1S/C24H25N5O5/c1-15-20(27-12-5-4-10-18(27)25-15)22(30)19-21(16-8-6-9-17(14-16)29(33)34)28(24(32)23(19)31)13-7-11-26(2)3/h4-6,8-10,12,14,21,30H,7,11,13H2,1-3H3/t21-/m0/s1. The summed E-state index contributed by atoms with van der Waals surface area (Å²) in [5.74, 6) is -1.94. The monoisotopic (exact) mass is 463 g/mol. The van der Waals surface area contributed by atoms with Crippen LogP contribution in [0.4, 0.5) is 5.69 Å². The van der Waals surface area contributed by atoms with Gasteiger partial charge in [-0.1, -0.05) is 18.2 Å². The molecule has 1 amide bonds. The predicted molar refractivity (Wildman–Crippen MR) is 125 cm³/mol. The number of nitrogens with zero attached hydrogens (tertiary/aromatic N) is 5. The fourth-order valence-corrected chi connectivity index (χ4v) is 4.35. The Morgan fingerprint density at radius 3 is 2.68 bits per heavy atom. The summed E-state index contributed by atoms with van der Waals surface area (Å²) in [4.78, 5) is 44.9. The number of pyridine rings is 1. The van der Waals surface area contributed by atoms with E-state index >= 15 is 0 Å². The summed E-state index contributed by atoms with van der Waals surface area (Å²) >= 11 is 0. The quantitative estimate of drug-likeness (QED) is 0.188. The highest BCUT2D eigenvalue weighted by Crippen LogP contribution is 2.40. The molecule has 0 aliphatic carbocycles. The van der Waals surface area contributed by atoms with Crippen LogP contribution in [0.15, 0.2) is 54.2 Å². The third-order valence-electron chi connectivity index (χ3n) is 5.87. The van der Waals surface area contributed by atoms with Crippen LogP contribution < -0.4 is 0 Å². The van der Waals surface area contributed by atoms with Gasteiger partial charge in [0, 0.05) is 24.9 Å². The molecule has 0 bridgehead atoms. The first-order valence-corrected chi connectivity index (χ1v) is 10.8. The lowest BCUT2D eigenvalue weighted by molar-refractivity contribution is -0.384. The number of aromatic nitrogens is 2. The summed E-state index contributed by atoms with van der Waals surface area (Å²) in [5, 5.41) is 22.8. The Hall–Kier alpha value is -4.05. The van der Waals surface area contributed by atoms with Gasteiger partial charge >= 0.3 is 0 Å². The van der Waals surface area contributed by atoms with Crippen LogP contribution in [0.3, 0.4) is 0 Å². The van der Waals surface area contributed by atoms with E-state index in [1.165, 1.54) is 23.1 Å². The number of fused-ring (bicyclic) bond motifs is 1. The molecular formula is C24H25N5O5. The van der Waals surface area contributed by atoms with Crippen LogP contribution in [0.1, 0.15) is 29.4 Å². The number of aliphatic hydroxyl groups is 1. The van der Waals surface area contributed by atoms with Crippen LogP contribution in [-0.4, -0.2) is 68.1 Å². The second-order valence-electron chi connectivity index (χ2n) is 8.48. The third-order valence-corrected chi connectivity index (χ3v) is 5.87. The molecule has 10 heteroatoms. The van der Waals surface area contributed by atoms with Crippen molar-refractivity contribution in [3.8, 4) is 0 Å². The summed E-state index contributed by atoms with van der Waals surface area (Å²) in [5.41, 5.74) is 1.48. The summed E-state index contributed by atoms with van der Waals surface area (Å²) in [6.45, 7) is 2.63. The minimum atomic E-state index is -0.962. The number of hydrogen-bond acceptors (Lipinski definition) is 7. The van der Waals surface area contributed by atoms with E-state index in [9.17, 15) is 24.8 Å². The van der Waals surface area contributed by atoms with Gasteiger partial charge in [0.15, 0.2) is 5.76 Å². The van der Waals surface area contributed by atoms with Crippen molar-refractivity contribution in [2.24, 2.45) is 0 Å². The number of Topliss-reactive ketones (excluding diaryl/α,β-unsaturated/α-hetero) is 1. The number of rotatable bonds is 7. The number of nitro groups is 1. The smallest absolute Gasteiger partial charge is 0.295 e. The van der Waals surface area contributed by atoms with Crippen LogP contribution in [0.25, 0.3) is 11.4 Å². The molecule has 1 aliphatic rings. The highest BCUT2D eigenvalue weighted by molar-refractivity contribution is 6.46. The number of nitro benzene ring substituents is 1. The second kappa shape index (κ2) is 9.06. The molecule has 1 saturated heterocycles. The topological polar surface area (TPSA) is 121 Å². The number of amides is 1. The number of imidazole rings is 1. The number of non-ortho nitro benzene ring substituents is 1. The van der Waals surface area contributed by atoms with E-state index in [2.05, 4.69) is 4.98 Å². The molecule has 0 radical (unpaired) electrons. The molecule has 0 spiro atoms. The summed E-state index contributed by atoms with van der Waals surface area (Å²) in [6, 6.07) is 10.2. The Morgan fingerprint density at radius 1 is 1.21 bits per heavy atom. The fourth-order valence-electron chi connectivity index (χ4n) is 4.35. The van der Waals surface area contributed by atoms with Gasteiger partial charge in [0.05, 0.1) is 22.2 Å². The fraction of sp³-hybridized carbons (Fsp3) is 0.292. The molecule has 3 heterocycles. The Morgan fingerprint density at radius 2 is 1.97 bits per heavy atom. The first-order chi connectivity index (χ1) is 16.2. The van der Waals surface area contributed by atoms with E-state index in [1.807, 2.05) is 19.0 Å². The normalized spacial score (nSPS) is 17.8. The summed E-state index contributed by atoms with van der Waals surface area (Å²) < 4.78 is 1.65. The molecule has 1 aliphatic heterocycles. The molecule has 4 rings (SSSR count). The van der Waals surface area contributed by atoms with E-state index in [4.69, 9.17) is 0 Å². The maximum atomic E-state index is 13.2. The number of carbonyl (C=O) groups excluding carboxylic acids is 2. The molecule has 1 aromatic carbocycles. The molecule has 3 aromatic rings. The Kier molecular flexibility index (Phi) is 6.16. The summed E-state index contributed by atoms with van der Waals surface area (Å²) in [7, 11) is 3.80. The van der Waals surface area contributed by atoms with Gasteiger partial charge < -0.3 is 14.9 Å². The number of carbonyl (C=O) groups is 2. The van der Waals surface area contributed by atoms with E-state index in [0.29, 0.717) is 35.6 Å². The lowest BCUT2D eigenvalue weighted by Crippen LogP contribution is -2.32. The lowest BCUT2D eigenvalue weighted by Gasteiger charge is -2.25. The van der Waals surface area contributed by atoms with E-state index in [0.717, 1.165) is 0 Å². The van der Waals surface area contributed by atoms with E-state index < -0.39 is 22.7 Å². The number of likely N-dealkylation sites (tertiary alicyclic amines) is 1. The van der Waals surface area contributed by atoms with Crippen molar-refractivity contribution >= 4 is 28.8 Å². The zero-order chi connectivity index (χ0) is 24.6. The van der Waals surface area contributed by atoms with Gasteiger partial charge in [-0.05, 0) is 51.7 Å². The van der Waals surface area contributed by atoms with Crippen molar-refractivity contribution in [2.45, 2.75) is 19.4 Å². The van der Waals surface area contributed by atoms with Crippen LogP contribution in [0.5, 0.6) is 0 Å². The molecule has 0 saturated carbocycles.